The molecule has 0 bridgehead atoms. The molecule has 0 saturated carbocycles. The second kappa shape index (κ2) is 26.8. The van der Waals surface area contributed by atoms with Crippen molar-refractivity contribution in [1.82, 2.24) is 21.3 Å². The first-order valence-electron chi connectivity index (χ1n) is 20.2. The molecule has 3 rings (SSSR count). The van der Waals surface area contributed by atoms with Gasteiger partial charge >= 0.3 is 5.63 Å². The smallest absolute Gasteiger partial charge is 0.336 e. The van der Waals surface area contributed by atoms with Gasteiger partial charge in [0.2, 0.25) is 23.6 Å². The monoisotopic (exact) mass is 868 g/mol. The van der Waals surface area contributed by atoms with Crippen LogP contribution in [0, 0.1) is 6.92 Å². The maximum absolute atomic E-state index is 14.1. The highest BCUT2D eigenvalue weighted by Crippen LogP contribution is 2.21. The molecule has 0 aliphatic heterocycles. The molecule has 19 nitrogen and oxygen atoms in total. The number of fused-ring (bicyclic) bond motifs is 1. The fourth-order valence-electron chi connectivity index (χ4n) is 6.26. The Hall–Kier alpha value is -6.21. The average molecular weight is 869 g/mol. The number of nitrogens with zero attached hydrogens (tertiary/aromatic N) is 2. The molecule has 2 aromatic carbocycles. The molecule has 0 unspecified atom stereocenters. The quantitative estimate of drug-likeness (QED) is 0.0248. The van der Waals surface area contributed by atoms with E-state index < -0.39 is 59.3 Å². The standard InChI is InChI=1S/C41H60N12O7.ClH/c1-3-4-14-29(50-35(55)26-12-6-5-7-13-26)37(57)51-30(15-8-9-20-42)38(58)53-32(17-11-22-48-41(45)46)39(59)52-31(16-10-21-47-40(43)44)36(56)49-27-18-19-28-25(2)23-34(54)60-33(28)24-27;/h5-7,12-13,18-19,23-24,29-32H,3-4,8-11,14-17,20-22,42H2,1-2H3,(H,49,56)(H,50,55)(H,51,57)(H,52,59)(H,53,58)(H4,43,44,47)(H4,45,46,48);1H/t29-,30-,31-,32-;/m0./s1. The summed E-state index contributed by atoms with van der Waals surface area (Å²) in [4.78, 5) is 88.7. The summed E-state index contributed by atoms with van der Waals surface area (Å²) < 4.78 is 5.33. The average Bonchev–Trinajstić information content (AvgIpc) is 3.20. The van der Waals surface area contributed by atoms with Crippen molar-refractivity contribution in [2.75, 3.05) is 25.0 Å². The van der Waals surface area contributed by atoms with Gasteiger partial charge in [-0.3, -0.25) is 34.0 Å². The van der Waals surface area contributed by atoms with Gasteiger partial charge in [0.15, 0.2) is 11.9 Å². The first-order valence-corrected chi connectivity index (χ1v) is 20.2. The maximum atomic E-state index is 14.1. The third kappa shape index (κ3) is 17.9. The number of carbonyl (C=O) groups is 5. The third-order valence-corrected chi connectivity index (χ3v) is 9.46. The van der Waals surface area contributed by atoms with Crippen molar-refractivity contribution in [1.29, 1.82) is 0 Å². The maximum Gasteiger partial charge on any atom is 0.336 e. The van der Waals surface area contributed by atoms with E-state index in [1.165, 1.54) is 12.1 Å². The summed E-state index contributed by atoms with van der Waals surface area (Å²) in [5, 5.41) is 14.6. The highest BCUT2D eigenvalue weighted by molar-refractivity contribution is 6.01. The lowest BCUT2D eigenvalue weighted by atomic mass is 10.0. The van der Waals surface area contributed by atoms with Crippen molar-refractivity contribution in [2.24, 2.45) is 38.7 Å². The van der Waals surface area contributed by atoms with E-state index >= 15 is 0 Å². The number of hydrogen-bond donors (Lipinski definition) is 10. The summed E-state index contributed by atoms with van der Waals surface area (Å²) >= 11 is 0. The number of hydrogen-bond acceptors (Lipinski definition) is 10. The number of guanidine groups is 2. The largest absolute Gasteiger partial charge is 0.423 e. The zero-order chi connectivity index (χ0) is 44.0. The molecule has 0 aliphatic carbocycles. The predicted molar refractivity (Wildman–Crippen MR) is 239 cm³/mol. The van der Waals surface area contributed by atoms with Crippen LogP contribution in [0.5, 0.6) is 0 Å². The van der Waals surface area contributed by atoms with E-state index in [1.54, 1.807) is 49.4 Å². The van der Waals surface area contributed by atoms with E-state index in [0.29, 0.717) is 60.8 Å². The van der Waals surface area contributed by atoms with Gasteiger partial charge < -0.3 is 59.7 Å². The highest BCUT2D eigenvalue weighted by atomic mass is 35.5. The molecular formula is C41H61ClN12O7. The van der Waals surface area contributed by atoms with E-state index in [0.717, 1.165) is 6.42 Å². The molecule has 5 amide bonds. The fourth-order valence-corrected chi connectivity index (χ4v) is 6.26. The van der Waals surface area contributed by atoms with E-state index in [2.05, 4.69) is 36.6 Å². The van der Waals surface area contributed by atoms with Crippen LogP contribution in [0.15, 0.2) is 73.8 Å². The third-order valence-electron chi connectivity index (χ3n) is 9.46. The number of aliphatic imine (C=N–C) groups is 2. The number of nitrogens with one attached hydrogen (secondary N) is 5. The first-order chi connectivity index (χ1) is 28.7. The zero-order valence-corrected chi connectivity index (χ0v) is 35.6. The molecule has 0 spiro atoms. The van der Waals surface area contributed by atoms with Crippen molar-refractivity contribution < 1.29 is 28.4 Å². The summed E-state index contributed by atoms with van der Waals surface area (Å²) in [6, 6.07) is 10.3. The molecule has 0 saturated heterocycles. The number of unbranched alkanes of at least 4 members (excludes halogenated alkanes) is 2. The first kappa shape index (κ1) is 50.9. The Bertz CT molecular complexity index is 2020. The predicted octanol–water partition coefficient (Wildman–Crippen LogP) is 1.14. The van der Waals surface area contributed by atoms with E-state index in [1.807, 2.05) is 6.92 Å². The Kier molecular flexibility index (Phi) is 22.4. The van der Waals surface area contributed by atoms with E-state index in [4.69, 9.17) is 33.1 Å². The van der Waals surface area contributed by atoms with E-state index in [-0.39, 0.29) is 68.7 Å². The summed E-state index contributed by atoms with van der Waals surface area (Å²) in [7, 11) is 0. The Morgan fingerprint density at radius 1 is 0.656 bits per heavy atom. The van der Waals surface area contributed by atoms with Gasteiger partial charge in [-0.05, 0) is 94.7 Å². The van der Waals surface area contributed by atoms with Crippen LogP contribution >= 0.6 is 12.4 Å². The van der Waals surface area contributed by atoms with Crippen LogP contribution in [0.3, 0.4) is 0 Å². The number of amides is 5. The molecule has 61 heavy (non-hydrogen) atoms. The highest BCUT2D eigenvalue weighted by Gasteiger charge is 2.31. The van der Waals surface area contributed by atoms with Gasteiger partial charge in [0.05, 0.1) is 0 Å². The van der Waals surface area contributed by atoms with Crippen LogP contribution < -0.4 is 60.9 Å². The minimum absolute atomic E-state index is 0. The molecule has 3 aromatic rings. The normalized spacial score (nSPS) is 12.6. The molecule has 0 aliphatic rings. The topological polar surface area (TPSA) is 331 Å². The number of anilines is 1. The van der Waals surface area contributed by atoms with Gasteiger partial charge in [-0.15, -0.1) is 12.4 Å². The molecule has 4 atom stereocenters. The minimum Gasteiger partial charge on any atom is -0.423 e. The molecule has 334 valence electrons. The number of nitrogens with two attached hydrogens (primary N) is 5. The fraction of sp³-hybridized carbons (Fsp3) is 0.463. The second-order valence-electron chi connectivity index (χ2n) is 14.3. The van der Waals surface area contributed by atoms with Crippen LogP contribution in [0.25, 0.3) is 11.0 Å². The number of carbonyl (C=O) groups excluding carboxylic acids is 5. The number of rotatable bonds is 25. The SMILES string of the molecule is CCCC[C@H](NC(=O)c1ccccc1)C(=O)N[C@@H](CCCCN)C(=O)N[C@@H](CCCN=C(N)N)C(=O)N[C@@H](CCCN=C(N)N)C(=O)Nc1ccc2c(C)cc(=O)oc2c1.Cl. The van der Waals surface area contributed by atoms with Crippen LogP contribution in [0.2, 0.25) is 0 Å². The van der Waals surface area contributed by atoms with Gasteiger partial charge in [-0.1, -0.05) is 38.0 Å². The Labute approximate surface area is 361 Å². The minimum atomic E-state index is -1.21. The van der Waals surface area contributed by atoms with Crippen molar-refractivity contribution in [2.45, 2.75) is 102 Å². The van der Waals surface area contributed by atoms with Crippen molar-refractivity contribution in [3.63, 3.8) is 0 Å². The Morgan fingerprint density at radius 2 is 1.16 bits per heavy atom. The molecule has 1 aromatic heterocycles. The molecule has 0 radical (unpaired) electrons. The Balaban J connectivity index is 0.0000128. The number of aryl methyl sites for hydroxylation is 1. The summed E-state index contributed by atoms with van der Waals surface area (Å²) in [5.41, 5.74) is 28.8. The van der Waals surface area contributed by atoms with Crippen LogP contribution in [-0.2, 0) is 19.2 Å². The zero-order valence-electron chi connectivity index (χ0n) is 34.7. The van der Waals surface area contributed by atoms with Gasteiger partial charge in [0.1, 0.15) is 29.8 Å². The number of benzene rings is 2. The van der Waals surface area contributed by atoms with Crippen LogP contribution in [0.1, 0.15) is 87.1 Å². The lowest BCUT2D eigenvalue weighted by Gasteiger charge is -2.27. The van der Waals surface area contributed by atoms with Gasteiger partial charge in [-0.2, -0.15) is 0 Å². The van der Waals surface area contributed by atoms with Gasteiger partial charge in [0.25, 0.3) is 5.91 Å². The summed E-state index contributed by atoms with van der Waals surface area (Å²) in [6.07, 6.45) is 3.63. The van der Waals surface area contributed by atoms with Gasteiger partial charge in [-0.25, -0.2) is 4.79 Å². The molecular weight excluding hydrogens is 808 g/mol. The lowest BCUT2D eigenvalue weighted by molar-refractivity contribution is -0.133. The Morgan fingerprint density at radius 3 is 1.69 bits per heavy atom. The molecule has 1 heterocycles. The molecule has 15 N–H and O–H groups in total. The van der Waals surface area contributed by atoms with Gasteiger partial charge in [0, 0.05) is 41.9 Å². The molecule has 20 heteroatoms. The van der Waals surface area contributed by atoms with Crippen molar-refractivity contribution >= 4 is 70.5 Å². The van der Waals surface area contributed by atoms with Crippen LogP contribution in [0.4, 0.5) is 5.69 Å². The lowest BCUT2D eigenvalue weighted by Crippen LogP contribution is -2.58. The van der Waals surface area contributed by atoms with Crippen LogP contribution in [-0.4, -0.2) is 85.3 Å². The molecule has 0 fully saturated rings. The summed E-state index contributed by atoms with van der Waals surface area (Å²) in [5.74, 6) is -3.25. The van der Waals surface area contributed by atoms with Crippen molar-refractivity contribution in [3.05, 3.63) is 76.1 Å². The van der Waals surface area contributed by atoms with Crippen molar-refractivity contribution in [3.8, 4) is 0 Å². The van der Waals surface area contributed by atoms with E-state index in [9.17, 15) is 28.8 Å². The summed E-state index contributed by atoms with van der Waals surface area (Å²) in [6.45, 7) is 4.37. The number of halogens is 1. The second-order valence-corrected chi connectivity index (χ2v) is 14.3.